The molecule has 2 saturated heterocycles. The van der Waals surface area contributed by atoms with Crippen molar-refractivity contribution in [1.29, 1.82) is 0 Å². The monoisotopic (exact) mass is 449 g/mol. The van der Waals surface area contributed by atoms with E-state index in [4.69, 9.17) is 9.47 Å². The summed E-state index contributed by atoms with van der Waals surface area (Å²) in [6, 6.07) is 5.01. The molecule has 0 spiro atoms. The molecule has 0 bridgehead atoms. The van der Waals surface area contributed by atoms with Gasteiger partial charge in [-0.25, -0.2) is 8.42 Å². The first kappa shape index (κ1) is 21.9. The predicted molar refractivity (Wildman–Crippen MR) is 112 cm³/mol. The molecule has 9 nitrogen and oxygen atoms in total. The molecule has 3 heterocycles. The zero-order valence-electron chi connectivity index (χ0n) is 17.4. The van der Waals surface area contributed by atoms with Crippen molar-refractivity contribution in [1.82, 2.24) is 10.0 Å². The number of nitrogens with one attached hydrogen (secondary N) is 2. The van der Waals surface area contributed by atoms with Crippen LogP contribution in [0.25, 0.3) is 0 Å². The number of hydrogen-bond donors (Lipinski definition) is 2. The van der Waals surface area contributed by atoms with E-state index in [2.05, 4.69) is 15.0 Å². The number of amidine groups is 1. The standard InChI is InChI=1S/C21H27N3O6S/c1-13-19(25)17(12-30-13)23-21(26)16(7-6-14-8-10-29-11-9-14)22-20-15-4-2-3-5-18(15)31(27,28)24-20/h2-5,13-14,16-17H,6-12H2,1H3,(H,22,24)(H,23,26). The van der Waals surface area contributed by atoms with Crippen LogP contribution in [0.5, 0.6) is 0 Å². The molecule has 2 fully saturated rings. The summed E-state index contributed by atoms with van der Waals surface area (Å²) < 4.78 is 38.0. The minimum absolute atomic E-state index is 0.129. The summed E-state index contributed by atoms with van der Waals surface area (Å²) in [5, 5.41) is 2.74. The fourth-order valence-corrected chi connectivity index (χ4v) is 5.38. The molecule has 3 aliphatic rings. The second-order valence-electron chi connectivity index (χ2n) is 8.17. The maximum atomic E-state index is 13.1. The molecule has 10 heteroatoms. The van der Waals surface area contributed by atoms with E-state index in [0.717, 1.165) is 19.3 Å². The molecule has 3 atom stereocenters. The van der Waals surface area contributed by atoms with Crippen molar-refractivity contribution < 1.29 is 27.5 Å². The highest BCUT2D eigenvalue weighted by molar-refractivity contribution is 7.90. The summed E-state index contributed by atoms with van der Waals surface area (Å²) in [5.41, 5.74) is 0.445. The van der Waals surface area contributed by atoms with Gasteiger partial charge in [0.25, 0.3) is 10.0 Å². The lowest BCUT2D eigenvalue weighted by Gasteiger charge is -2.23. The highest BCUT2D eigenvalue weighted by Gasteiger charge is 2.36. The number of amides is 1. The van der Waals surface area contributed by atoms with Crippen LogP contribution in [-0.2, 0) is 29.1 Å². The molecule has 4 rings (SSSR count). The number of Topliss-reactive ketones (excluding diaryl/α,β-unsaturated/α-hetero) is 1. The Morgan fingerprint density at radius 1 is 1.29 bits per heavy atom. The zero-order valence-corrected chi connectivity index (χ0v) is 18.2. The van der Waals surface area contributed by atoms with Gasteiger partial charge in [-0.2, -0.15) is 0 Å². The molecule has 0 aromatic heterocycles. The minimum Gasteiger partial charge on any atom is -0.381 e. The average Bonchev–Trinajstić information content (AvgIpc) is 3.22. The number of fused-ring (bicyclic) bond motifs is 1. The van der Waals surface area contributed by atoms with E-state index in [1.54, 1.807) is 25.1 Å². The summed E-state index contributed by atoms with van der Waals surface area (Å²) >= 11 is 0. The third kappa shape index (κ3) is 4.81. The van der Waals surface area contributed by atoms with E-state index in [1.807, 2.05) is 0 Å². The highest BCUT2D eigenvalue weighted by atomic mass is 32.2. The first-order valence-electron chi connectivity index (χ1n) is 10.6. The van der Waals surface area contributed by atoms with Crippen LogP contribution in [0.15, 0.2) is 34.2 Å². The van der Waals surface area contributed by atoms with E-state index in [-0.39, 0.29) is 23.1 Å². The SMILES string of the molecule is CC1OCC(NC(=O)C(CCC2CCOCC2)N=C2NS(=O)(=O)c3ccccc32)C1=O. The van der Waals surface area contributed by atoms with Crippen molar-refractivity contribution >= 4 is 27.5 Å². The van der Waals surface area contributed by atoms with Crippen LogP contribution in [0.2, 0.25) is 0 Å². The largest absolute Gasteiger partial charge is 0.381 e. The molecule has 168 valence electrons. The topological polar surface area (TPSA) is 123 Å². The molecular formula is C21H27N3O6S. The second-order valence-corrected chi connectivity index (χ2v) is 9.82. The van der Waals surface area contributed by atoms with Crippen molar-refractivity contribution in [2.75, 3.05) is 19.8 Å². The second kappa shape index (κ2) is 9.05. The van der Waals surface area contributed by atoms with Gasteiger partial charge in [0.15, 0.2) is 5.78 Å². The van der Waals surface area contributed by atoms with Crippen LogP contribution in [0.4, 0.5) is 0 Å². The van der Waals surface area contributed by atoms with Gasteiger partial charge in [-0.1, -0.05) is 12.1 Å². The van der Waals surface area contributed by atoms with Crippen LogP contribution in [0.1, 0.15) is 38.2 Å². The van der Waals surface area contributed by atoms with E-state index < -0.39 is 34.1 Å². The van der Waals surface area contributed by atoms with Crippen molar-refractivity contribution in [3.8, 4) is 0 Å². The van der Waals surface area contributed by atoms with Crippen LogP contribution in [0.3, 0.4) is 0 Å². The first-order chi connectivity index (χ1) is 14.8. The van der Waals surface area contributed by atoms with E-state index >= 15 is 0 Å². The summed E-state index contributed by atoms with van der Waals surface area (Å²) in [4.78, 5) is 29.9. The van der Waals surface area contributed by atoms with Gasteiger partial charge in [0.2, 0.25) is 5.91 Å². The average molecular weight is 450 g/mol. The van der Waals surface area contributed by atoms with Gasteiger partial charge in [-0.05, 0) is 50.7 Å². The number of ether oxygens (including phenoxy) is 2. The number of rotatable bonds is 6. The number of nitrogens with zero attached hydrogens (tertiary/aromatic N) is 1. The molecule has 31 heavy (non-hydrogen) atoms. The normalized spacial score (nSPS) is 27.6. The Hall–Kier alpha value is -2.30. The number of hydrogen-bond acceptors (Lipinski definition) is 7. The Morgan fingerprint density at radius 3 is 2.74 bits per heavy atom. The van der Waals surface area contributed by atoms with E-state index in [0.29, 0.717) is 31.1 Å². The van der Waals surface area contributed by atoms with Crippen molar-refractivity contribution in [3.05, 3.63) is 29.8 Å². The maximum absolute atomic E-state index is 13.1. The molecule has 0 aliphatic carbocycles. The zero-order chi connectivity index (χ0) is 22.0. The van der Waals surface area contributed by atoms with Crippen molar-refractivity contribution in [2.24, 2.45) is 10.9 Å². The molecule has 1 aromatic rings. The molecular weight excluding hydrogens is 422 g/mol. The van der Waals surface area contributed by atoms with E-state index in [9.17, 15) is 18.0 Å². The summed E-state index contributed by atoms with van der Waals surface area (Å²) in [6.45, 7) is 3.19. The van der Waals surface area contributed by atoms with Crippen LogP contribution in [-0.4, -0.2) is 64.0 Å². The van der Waals surface area contributed by atoms with Crippen LogP contribution < -0.4 is 10.0 Å². The smallest absolute Gasteiger partial charge is 0.263 e. The summed E-state index contributed by atoms with van der Waals surface area (Å²) in [6.07, 6.45) is 2.50. The van der Waals surface area contributed by atoms with Crippen LogP contribution in [0, 0.1) is 5.92 Å². The third-order valence-corrected chi connectivity index (χ3v) is 7.41. The Kier molecular flexibility index (Phi) is 6.40. The van der Waals surface area contributed by atoms with Crippen LogP contribution >= 0.6 is 0 Å². The van der Waals surface area contributed by atoms with Gasteiger partial charge < -0.3 is 14.8 Å². The lowest BCUT2D eigenvalue weighted by atomic mass is 9.92. The van der Waals surface area contributed by atoms with Gasteiger partial charge in [0.05, 0.1) is 11.5 Å². The quantitative estimate of drug-likeness (QED) is 0.661. The predicted octanol–water partition coefficient (Wildman–Crippen LogP) is 0.773. The fourth-order valence-electron chi connectivity index (χ4n) is 4.14. The number of carbonyl (C=O) groups is 2. The summed E-state index contributed by atoms with van der Waals surface area (Å²) in [7, 11) is -3.70. The number of benzene rings is 1. The molecule has 0 saturated carbocycles. The molecule has 0 radical (unpaired) electrons. The lowest BCUT2D eigenvalue weighted by molar-refractivity contribution is -0.128. The van der Waals surface area contributed by atoms with E-state index in [1.165, 1.54) is 6.07 Å². The number of carbonyl (C=O) groups excluding carboxylic acids is 2. The van der Waals surface area contributed by atoms with Crippen molar-refractivity contribution in [2.45, 2.75) is 55.7 Å². The maximum Gasteiger partial charge on any atom is 0.263 e. The molecule has 1 amide bonds. The lowest BCUT2D eigenvalue weighted by Crippen LogP contribution is -2.46. The minimum atomic E-state index is -3.70. The van der Waals surface area contributed by atoms with Gasteiger partial charge in [-0.15, -0.1) is 0 Å². The van der Waals surface area contributed by atoms with Gasteiger partial charge in [0.1, 0.15) is 24.0 Å². The molecule has 3 aliphatic heterocycles. The highest BCUT2D eigenvalue weighted by Crippen LogP contribution is 2.25. The van der Waals surface area contributed by atoms with Gasteiger partial charge in [-0.3, -0.25) is 19.3 Å². The number of aliphatic imine (C=N–C) groups is 1. The van der Waals surface area contributed by atoms with Gasteiger partial charge in [0, 0.05) is 18.8 Å². The Bertz CT molecular complexity index is 987. The molecule has 2 N–H and O–H groups in total. The number of sulfonamides is 1. The molecule has 1 aromatic carbocycles. The summed E-state index contributed by atoms with van der Waals surface area (Å²) in [5.74, 6) is 0.00801. The first-order valence-corrected chi connectivity index (χ1v) is 12.1. The Morgan fingerprint density at radius 2 is 2.03 bits per heavy atom. The Balaban J connectivity index is 1.55. The van der Waals surface area contributed by atoms with Crippen molar-refractivity contribution in [3.63, 3.8) is 0 Å². The molecule has 3 unspecified atom stereocenters. The Labute approximate surface area is 181 Å². The number of ketones is 1. The third-order valence-electron chi connectivity index (χ3n) is 6.01. The fraction of sp³-hybridized carbons (Fsp3) is 0.571. The van der Waals surface area contributed by atoms with Gasteiger partial charge >= 0.3 is 0 Å².